The second kappa shape index (κ2) is 9.19. The minimum atomic E-state index is -4.95. The quantitative estimate of drug-likeness (QED) is 0.577. The largest absolute Gasteiger partial charge is 0.417 e. The Balaban J connectivity index is 1.69. The standard InChI is InChI=1S/C24H26F3N3O5S/c1-4-34-19-11-16(10-17(19)22(31)29-23(12-28)7-8-23)36(32,33)20-6-5-15(9-18(20)24(25,26)27)21-13(2)30-35-14(21)3/h5-6,9,16-17,19H,4,7-8,10-11H2,1-3H3,(H,29,31)/t16-,17-,19-/m0/s1. The van der Waals surface area contributed by atoms with Gasteiger partial charge in [-0.15, -0.1) is 0 Å². The number of carbonyl (C=O) groups is 1. The van der Waals surface area contributed by atoms with E-state index in [0.717, 1.165) is 12.1 Å². The molecule has 1 heterocycles. The van der Waals surface area contributed by atoms with Crippen LogP contribution in [0, 0.1) is 31.1 Å². The molecule has 1 amide bonds. The number of nitrogens with zero attached hydrogens (tertiary/aromatic N) is 2. The number of benzene rings is 1. The highest BCUT2D eigenvalue weighted by Gasteiger charge is 2.51. The lowest BCUT2D eigenvalue weighted by Crippen LogP contribution is -2.42. The van der Waals surface area contributed by atoms with Crippen LogP contribution in [-0.2, 0) is 25.5 Å². The summed E-state index contributed by atoms with van der Waals surface area (Å²) in [6.45, 7) is 5.02. The summed E-state index contributed by atoms with van der Waals surface area (Å²) in [6, 6.07) is 5.10. The first-order chi connectivity index (χ1) is 16.8. The van der Waals surface area contributed by atoms with Crippen LogP contribution in [-0.4, -0.2) is 43.0 Å². The smallest absolute Gasteiger partial charge is 0.378 e. The number of nitrogens with one attached hydrogen (secondary N) is 1. The van der Waals surface area contributed by atoms with Crippen LogP contribution in [0.3, 0.4) is 0 Å². The lowest BCUT2D eigenvalue weighted by atomic mass is 10.0. The Bertz CT molecular complexity index is 1310. The molecule has 36 heavy (non-hydrogen) atoms. The van der Waals surface area contributed by atoms with Gasteiger partial charge in [0.1, 0.15) is 11.3 Å². The van der Waals surface area contributed by atoms with E-state index in [9.17, 15) is 31.6 Å². The Kier molecular flexibility index (Phi) is 6.68. The summed E-state index contributed by atoms with van der Waals surface area (Å²) in [5.41, 5.74) is -1.36. The molecule has 0 bridgehead atoms. The molecule has 0 saturated heterocycles. The predicted octanol–water partition coefficient (Wildman–Crippen LogP) is 4.11. The summed E-state index contributed by atoms with van der Waals surface area (Å²) in [7, 11) is -4.49. The number of nitriles is 1. The van der Waals surface area contributed by atoms with Crippen molar-refractivity contribution in [3.63, 3.8) is 0 Å². The summed E-state index contributed by atoms with van der Waals surface area (Å²) in [4.78, 5) is 12.0. The van der Waals surface area contributed by atoms with Crippen molar-refractivity contribution >= 4 is 15.7 Å². The topological polar surface area (TPSA) is 122 Å². The average molecular weight is 526 g/mol. The van der Waals surface area contributed by atoms with Crippen LogP contribution >= 0.6 is 0 Å². The number of ether oxygens (including phenoxy) is 1. The molecule has 2 aromatic rings. The predicted molar refractivity (Wildman–Crippen MR) is 121 cm³/mol. The number of hydrogen-bond acceptors (Lipinski definition) is 7. The molecule has 4 rings (SSSR count). The Morgan fingerprint density at radius 3 is 2.53 bits per heavy atom. The zero-order chi connectivity index (χ0) is 26.5. The molecule has 0 aliphatic heterocycles. The van der Waals surface area contributed by atoms with Gasteiger partial charge in [0.05, 0.1) is 39.5 Å². The van der Waals surface area contributed by atoms with Gasteiger partial charge in [0.2, 0.25) is 5.91 Å². The second-order valence-corrected chi connectivity index (χ2v) is 11.5. The van der Waals surface area contributed by atoms with Gasteiger partial charge >= 0.3 is 6.18 Å². The number of aryl methyl sites for hydroxylation is 2. The molecule has 12 heteroatoms. The monoisotopic (exact) mass is 525 g/mol. The van der Waals surface area contributed by atoms with E-state index < -0.39 is 55.2 Å². The fourth-order valence-corrected chi connectivity index (χ4v) is 6.83. The maximum atomic E-state index is 14.1. The molecule has 0 spiro atoms. The number of rotatable bonds is 7. The summed E-state index contributed by atoms with van der Waals surface area (Å²) >= 11 is 0. The highest BCUT2D eigenvalue weighted by Crippen LogP contribution is 2.43. The van der Waals surface area contributed by atoms with E-state index in [0.29, 0.717) is 29.9 Å². The van der Waals surface area contributed by atoms with Gasteiger partial charge < -0.3 is 14.6 Å². The van der Waals surface area contributed by atoms with Gasteiger partial charge in [-0.05, 0) is 64.2 Å². The Morgan fingerprint density at radius 2 is 2.00 bits per heavy atom. The third-order valence-corrected chi connectivity index (χ3v) is 9.09. The van der Waals surface area contributed by atoms with Crippen LogP contribution in [0.15, 0.2) is 27.6 Å². The Morgan fingerprint density at radius 1 is 1.31 bits per heavy atom. The molecule has 1 aromatic carbocycles. The number of hydrogen-bond donors (Lipinski definition) is 1. The van der Waals surface area contributed by atoms with E-state index in [1.807, 2.05) is 6.07 Å². The van der Waals surface area contributed by atoms with Crippen LogP contribution in [0.2, 0.25) is 0 Å². The van der Waals surface area contributed by atoms with Gasteiger partial charge in [0, 0.05) is 12.2 Å². The van der Waals surface area contributed by atoms with Crippen LogP contribution in [0.1, 0.15) is 49.6 Å². The molecule has 2 saturated carbocycles. The minimum absolute atomic E-state index is 0.128. The van der Waals surface area contributed by atoms with E-state index in [2.05, 4.69) is 10.5 Å². The van der Waals surface area contributed by atoms with Crippen LogP contribution in [0.5, 0.6) is 0 Å². The lowest BCUT2D eigenvalue weighted by molar-refractivity contribution is -0.139. The normalized spacial score (nSPS) is 23.3. The molecule has 1 N–H and O–H groups in total. The van der Waals surface area contributed by atoms with Crippen molar-refractivity contribution in [2.45, 2.75) is 74.4 Å². The maximum Gasteiger partial charge on any atom is 0.417 e. The maximum absolute atomic E-state index is 14.1. The molecular weight excluding hydrogens is 499 g/mol. The molecule has 2 aliphatic carbocycles. The van der Waals surface area contributed by atoms with Crippen LogP contribution in [0.4, 0.5) is 13.2 Å². The molecule has 194 valence electrons. The van der Waals surface area contributed by atoms with E-state index in [-0.39, 0.29) is 25.0 Å². The van der Waals surface area contributed by atoms with Gasteiger partial charge in [0.25, 0.3) is 0 Å². The van der Waals surface area contributed by atoms with Crippen molar-refractivity contribution < 1.29 is 35.6 Å². The number of sulfone groups is 1. The van der Waals surface area contributed by atoms with E-state index in [4.69, 9.17) is 9.26 Å². The fraction of sp³-hybridized carbons (Fsp3) is 0.542. The van der Waals surface area contributed by atoms with Crippen molar-refractivity contribution in [1.82, 2.24) is 10.5 Å². The number of amides is 1. The van der Waals surface area contributed by atoms with Crippen LogP contribution in [0.25, 0.3) is 11.1 Å². The van der Waals surface area contributed by atoms with Crippen molar-refractivity contribution in [1.29, 1.82) is 5.26 Å². The van der Waals surface area contributed by atoms with E-state index in [1.165, 1.54) is 6.07 Å². The number of aromatic nitrogens is 1. The van der Waals surface area contributed by atoms with Crippen molar-refractivity contribution in [3.8, 4) is 17.2 Å². The highest BCUT2D eigenvalue weighted by atomic mass is 32.2. The lowest BCUT2D eigenvalue weighted by Gasteiger charge is -2.20. The van der Waals surface area contributed by atoms with Gasteiger partial charge in [-0.3, -0.25) is 4.79 Å². The van der Waals surface area contributed by atoms with Crippen LogP contribution < -0.4 is 5.32 Å². The second-order valence-electron chi connectivity index (χ2n) is 9.33. The first-order valence-electron chi connectivity index (χ1n) is 11.6. The Labute approximate surface area is 206 Å². The molecule has 2 aliphatic rings. The minimum Gasteiger partial charge on any atom is -0.378 e. The molecule has 1 aromatic heterocycles. The van der Waals surface area contributed by atoms with Gasteiger partial charge in [-0.2, -0.15) is 18.4 Å². The third kappa shape index (κ3) is 4.74. The van der Waals surface area contributed by atoms with Crippen molar-refractivity contribution in [3.05, 3.63) is 35.2 Å². The number of halogens is 3. The van der Waals surface area contributed by atoms with Gasteiger partial charge in [0.15, 0.2) is 9.84 Å². The highest BCUT2D eigenvalue weighted by molar-refractivity contribution is 7.92. The summed E-state index contributed by atoms with van der Waals surface area (Å²) in [6.07, 6.45) is -5.08. The first kappa shape index (κ1) is 26.2. The SMILES string of the molecule is CCO[C@H]1C[C@@H](S(=O)(=O)c2ccc(-c3c(C)noc3C)cc2C(F)(F)F)C[C@@H]1C(=O)NC1(C#N)CC1. The zero-order valence-corrected chi connectivity index (χ0v) is 20.8. The first-order valence-corrected chi connectivity index (χ1v) is 13.1. The fourth-order valence-electron chi connectivity index (χ4n) is 4.83. The zero-order valence-electron chi connectivity index (χ0n) is 20.0. The molecular formula is C24H26F3N3O5S. The Hall–Kier alpha value is -2.91. The summed E-state index contributed by atoms with van der Waals surface area (Å²) < 4.78 is 80.0. The molecule has 8 nitrogen and oxygen atoms in total. The number of carbonyl (C=O) groups excluding carboxylic acids is 1. The average Bonchev–Trinajstić information content (AvgIpc) is 3.31. The molecule has 2 fully saturated rings. The van der Waals surface area contributed by atoms with Gasteiger partial charge in [-0.25, -0.2) is 8.42 Å². The molecule has 0 unspecified atom stereocenters. The van der Waals surface area contributed by atoms with Crippen molar-refractivity contribution in [2.24, 2.45) is 5.92 Å². The van der Waals surface area contributed by atoms with E-state index >= 15 is 0 Å². The molecule has 3 atom stereocenters. The third-order valence-electron chi connectivity index (χ3n) is 6.86. The van der Waals surface area contributed by atoms with Gasteiger partial charge in [-0.1, -0.05) is 11.2 Å². The number of alkyl halides is 3. The van der Waals surface area contributed by atoms with E-state index in [1.54, 1.807) is 20.8 Å². The summed E-state index contributed by atoms with van der Waals surface area (Å²) in [5, 5.41) is 14.4. The molecule has 0 radical (unpaired) electrons. The summed E-state index contributed by atoms with van der Waals surface area (Å²) in [5.74, 6) is -1.10. The van der Waals surface area contributed by atoms with Crippen molar-refractivity contribution in [2.75, 3.05) is 6.61 Å².